The summed E-state index contributed by atoms with van der Waals surface area (Å²) >= 11 is 0. The minimum Gasteiger partial charge on any atom is -1.00 e. The van der Waals surface area contributed by atoms with Crippen LogP contribution in [0.25, 0.3) is 0 Å². The van der Waals surface area contributed by atoms with Crippen molar-refractivity contribution >= 4 is 7.26 Å². The summed E-state index contributed by atoms with van der Waals surface area (Å²) in [6, 6.07) is 11.0. The molecule has 0 saturated heterocycles. The van der Waals surface area contributed by atoms with Crippen molar-refractivity contribution in [2.45, 2.75) is 45.2 Å². The van der Waals surface area contributed by atoms with Crippen molar-refractivity contribution in [1.29, 1.82) is 0 Å². The standard InChI is InChI=1S/C16H28P.BrH/c1-4-5-6-7-11-14-17(2,3)15-16-12-9-8-10-13-16;/h8-10,12-13H,4-7,11,14-15H2,1-3H3;1H/q+1;/p-1. The fourth-order valence-electron chi connectivity index (χ4n) is 2.30. The molecule has 0 N–H and O–H groups in total. The van der Waals surface area contributed by atoms with Gasteiger partial charge in [-0.15, -0.1) is 0 Å². The number of hydrogen-bond donors (Lipinski definition) is 0. The van der Waals surface area contributed by atoms with Crippen LogP contribution in [0.1, 0.15) is 44.6 Å². The van der Waals surface area contributed by atoms with Gasteiger partial charge in [0.25, 0.3) is 0 Å². The lowest BCUT2D eigenvalue weighted by molar-refractivity contribution is -0.00000392. The largest absolute Gasteiger partial charge is 1.00 e. The molecule has 0 bridgehead atoms. The number of benzene rings is 1. The van der Waals surface area contributed by atoms with Crippen molar-refractivity contribution in [2.24, 2.45) is 0 Å². The molecule has 0 heterocycles. The third-order valence-electron chi connectivity index (χ3n) is 3.32. The Morgan fingerprint density at radius 2 is 1.50 bits per heavy atom. The molecule has 0 amide bonds. The molecule has 1 aromatic rings. The van der Waals surface area contributed by atoms with E-state index in [0.717, 1.165) is 0 Å². The Morgan fingerprint density at radius 3 is 2.11 bits per heavy atom. The molecule has 2 heteroatoms. The summed E-state index contributed by atoms with van der Waals surface area (Å²) in [5, 5.41) is 0. The molecule has 0 saturated carbocycles. The molecule has 0 unspecified atom stereocenters. The van der Waals surface area contributed by atoms with E-state index in [4.69, 9.17) is 0 Å². The van der Waals surface area contributed by atoms with Crippen LogP contribution in [0.5, 0.6) is 0 Å². The Labute approximate surface area is 125 Å². The minimum absolute atomic E-state index is 0. The summed E-state index contributed by atoms with van der Waals surface area (Å²) in [6.45, 7) is 7.31. The minimum atomic E-state index is -0.713. The Kier molecular flexibility index (Phi) is 10.1. The number of hydrogen-bond acceptors (Lipinski definition) is 0. The highest BCUT2D eigenvalue weighted by Gasteiger charge is 2.24. The average molecular weight is 331 g/mol. The van der Waals surface area contributed by atoms with Crippen LogP contribution in [0.2, 0.25) is 0 Å². The summed E-state index contributed by atoms with van der Waals surface area (Å²) in [5.74, 6) is 0. The molecule has 0 nitrogen and oxygen atoms in total. The second kappa shape index (κ2) is 9.98. The molecule has 0 aliphatic carbocycles. The van der Waals surface area contributed by atoms with Crippen LogP contribution >= 0.6 is 7.26 Å². The highest BCUT2D eigenvalue weighted by molar-refractivity contribution is 7.73. The van der Waals surface area contributed by atoms with Crippen LogP contribution in [0, 0.1) is 0 Å². The van der Waals surface area contributed by atoms with Gasteiger partial charge >= 0.3 is 0 Å². The lowest BCUT2D eigenvalue weighted by Crippen LogP contribution is -3.00. The number of rotatable bonds is 8. The second-order valence-electron chi connectivity index (χ2n) is 5.72. The molecule has 1 aromatic carbocycles. The van der Waals surface area contributed by atoms with Crippen molar-refractivity contribution in [2.75, 3.05) is 19.5 Å². The average Bonchev–Trinajstić information content (AvgIpc) is 2.29. The first-order valence-corrected chi connectivity index (χ1v) is 10.1. The quantitative estimate of drug-likeness (QED) is 0.507. The summed E-state index contributed by atoms with van der Waals surface area (Å²) in [4.78, 5) is 0. The SMILES string of the molecule is CCCCCCC[P+](C)(C)Cc1ccccc1.[Br-]. The van der Waals surface area contributed by atoms with E-state index >= 15 is 0 Å². The molecule has 18 heavy (non-hydrogen) atoms. The van der Waals surface area contributed by atoms with E-state index < -0.39 is 7.26 Å². The first kappa shape index (κ1) is 18.1. The van der Waals surface area contributed by atoms with E-state index in [2.05, 4.69) is 50.6 Å². The predicted octanol–water partition coefficient (Wildman–Crippen LogP) is 2.44. The van der Waals surface area contributed by atoms with E-state index in [-0.39, 0.29) is 17.0 Å². The Bertz CT molecular complexity index is 295. The Hall–Kier alpha value is 0.130. The molecule has 1 rings (SSSR count). The summed E-state index contributed by atoms with van der Waals surface area (Å²) in [5.41, 5.74) is 1.53. The van der Waals surface area contributed by atoms with E-state index in [9.17, 15) is 0 Å². The molecule has 0 aromatic heterocycles. The van der Waals surface area contributed by atoms with E-state index in [0.29, 0.717) is 0 Å². The fraction of sp³-hybridized carbons (Fsp3) is 0.625. The van der Waals surface area contributed by atoms with Crippen molar-refractivity contribution < 1.29 is 17.0 Å². The summed E-state index contributed by atoms with van der Waals surface area (Å²) in [7, 11) is -0.713. The maximum Gasteiger partial charge on any atom is 0.0837 e. The van der Waals surface area contributed by atoms with Gasteiger partial charge < -0.3 is 17.0 Å². The van der Waals surface area contributed by atoms with Gasteiger partial charge in [0, 0.05) is 20.6 Å². The van der Waals surface area contributed by atoms with E-state index in [1.807, 2.05) is 0 Å². The first-order chi connectivity index (χ1) is 8.14. The zero-order chi connectivity index (χ0) is 12.6. The molecule has 0 aliphatic rings. The van der Waals surface area contributed by atoms with E-state index in [1.54, 1.807) is 0 Å². The Balaban J connectivity index is 0.00000289. The molecule has 0 aliphatic heterocycles. The predicted molar refractivity (Wildman–Crippen MR) is 82.5 cm³/mol. The lowest BCUT2D eigenvalue weighted by Gasteiger charge is -2.18. The van der Waals surface area contributed by atoms with Gasteiger partial charge in [0.2, 0.25) is 0 Å². The summed E-state index contributed by atoms with van der Waals surface area (Å²) < 4.78 is 0. The van der Waals surface area contributed by atoms with Gasteiger partial charge in [0.15, 0.2) is 0 Å². The maximum atomic E-state index is 2.51. The number of unbranched alkanes of at least 4 members (excludes halogenated alkanes) is 4. The third kappa shape index (κ3) is 8.27. The zero-order valence-corrected chi connectivity index (χ0v) is 14.6. The highest BCUT2D eigenvalue weighted by Crippen LogP contribution is 2.54. The van der Waals surface area contributed by atoms with Crippen molar-refractivity contribution in [3.63, 3.8) is 0 Å². The van der Waals surface area contributed by atoms with Gasteiger partial charge in [0.1, 0.15) is 0 Å². The van der Waals surface area contributed by atoms with Crippen LogP contribution in [0.4, 0.5) is 0 Å². The molecule has 0 atom stereocenters. The van der Waals surface area contributed by atoms with Gasteiger partial charge in [-0.3, -0.25) is 0 Å². The molecule has 104 valence electrons. The van der Waals surface area contributed by atoms with Crippen LogP contribution in [0.3, 0.4) is 0 Å². The lowest BCUT2D eigenvalue weighted by atomic mass is 10.2. The van der Waals surface area contributed by atoms with Gasteiger partial charge in [0.05, 0.1) is 12.3 Å². The topological polar surface area (TPSA) is 0 Å². The Morgan fingerprint density at radius 1 is 0.889 bits per heavy atom. The van der Waals surface area contributed by atoms with Crippen molar-refractivity contribution in [3.8, 4) is 0 Å². The zero-order valence-electron chi connectivity index (χ0n) is 12.2. The summed E-state index contributed by atoms with van der Waals surface area (Å²) in [6.07, 6.45) is 9.86. The van der Waals surface area contributed by atoms with Gasteiger partial charge in [-0.2, -0.15) is 0 Å². The molecule has 0 spiro atoms. The maximum absolute atomic E-state index is 2.51. The highest BCUT2D eigenvalue weighted by atomic mass is 79.9. The van der Waals surface area contributed by atoms with Gasteiger partial charge in [-0.05, 0) is 18.4 Å². The monoisotopic (exact) mass is 330 g/mol. The normalized spacial score (nSPS) is 11.1. The van der Waals surface area contributed by atoms with Crippen molar-refractivity contribution in [1.82, 2.24) is 0 Å². The van der Waals surface area contributed by atoms with E-state index in [1.165, 1.54) is 50.0 Å². The van der Waals surface area contributed by atoms with Crippen LogP contribution < -0.4 is 17.0 Å². The van der Waals surface area contributed by atoms with Crippen molar-refractivity contribution in [3.05, 3.63) is 35.9 Å². The van der Waals surface area contributed by atoms with Crippen LogP contribution in [-0.2, 0) is 6.16 Å². The molecular formula is C16H28BrP. The molecular weight excluding hydrogens is 303 g/mol. The van der Waals surface area contributed by atoms with Crippen LogP contribution in [0.15, 0.2) is 30.3 Å². The molecule has 0 radical (unpaired) electrons. The third-order valence-corrected chi connectivity index (χ3v) is 6.07. The fourth-order valence-corrected chi connectivity index (χ4v) is 4.74. The first-order valence-electron chi connectivity index (χ1n) is 7.00. The second-order valence-corrected chi connectivity index (χ2v) is 10.4. The van der Waals surface area contributed by atoms with Crippen LogP contribution in [-0.4, -0.2) is 19.5 Å². The molecule has 0 fully saturated rings. The van der Waals surface area contributed by atoms with Gasteiger partial charge in [-0.1, -0.05) is 56.5 Å². The number of halogens is 1. The smallest absolute Gasteiger partial charge is 0.0837 e. The van der Waals surface area contributed by atoms with Gasteiger partial charge in [-0.25, -0.2) is 0 Å².